The van der Waals surface area contributed by atoms with E-state index < -0.39 is 10.0 Å². The number of anilines is 1. The van der Waals surface area contributed by atoms with Crippen molar-refractivity contribution in [3.05, 3.63) is 59.9 Å². The van der Waals surface area contributed by atoms with Crippen molar-refractivity contribution >= 4 is 15.7 Å². The van der Waals surface area contributed by atoms with Crippen LogP contribution in [0.4, 0.5) is 5.69 Å². The van der Waals surface area contributed by atoms with Gasteiger partial charge in [0.15, 0.2) is 0 Å². The van der Waals surface area contributed by atoms with E-state index in [1.807, 2.05) is 24.3 Å². The Morgan fingerprint density at radius 2 is 1.62 bits per heavy atom. The molecule has 5 nitrogen and oxygen atoms in total. The highest BCUT2D eigenvalue weighted by Crippen LogP contribution is 2.23. The predicted molar refractivity (Wildman–Crippen MR) is 98.3 cm³/mol. The molecule has 1 heterocycles. The summed E-state index contributed by atoms with van der Waals surface area (Å²) in [5, 5.41) is 3.61. The van der Waals surface area contributed by atoms with E-state index >= 15 is 0 Å². The Kier molecular flexibility index (Phi) is 6.34. The highest BCUT2D eigenvalue weighted by atomic mass is 32.2. The maximum atomic E-state index is 11.6. The number of hydrogen-bond acceptors (Lipinski definition) is 4. The summed E-state index contributed by atoms with van der Waals surface area (Å²) in [6.07, 6.45) is 4.58. The van der Waals surface area contributed by atoms with Gasteiger partial charge in [-0.2, -0.15) is 0 Å². The number of pyridine rings is 1. The van der Waals surface area contributed by atoms with Crippen molar-refractivity contribution in [1.82, 2.24) is 10.3 Å². The lowest BCUT2D eigenvalue weighted by Gasteiger charge is -2.23. The van der Waals surface area contributed by atoms with E-state index in [1.54, 1.807) is 31.5 Å². The summed E-state index contributed by atoms with van der Waals surface area (Å²) in [6, 6.07) is 11.9. The van der Waals surface area contributed by atoms with Crippen LogP contribution in [-0.4, -0.2) is 19.2 Å². The molecule has 2 rings (SSSR count). The fourth-order valence-corrected chi connectivity index (χ4v) is 3.17. The third kappa shape index (κ3) is 5.04. The van der Waals surface area contributed by atoms with E-state index in [4.69, 9.17) is 0 Å². The summed E-state index contributed by atoms with van der Waals surface area (Å²) in [7, 11) is -3.24. The lowest BCUT2D eigenvalue weighted by Crippen LogP contribution is -2.24. The molecule has 0 bridgehead atoms. The highest BCUT2D eigenvalue weighted by molar-refractivity contribution is 7.92. The third-order valence-electron chi connectivity index (χ3n) is 4.03. The zero-order chi connectivity index (χ0) is 17.6. The van der Waals surface area contributed by atoms with E-state index in [1.165, 1.54) is 5.56 Å². The van der Waals surface area contributed by atoms with Gasteiger partial charge >= 0.3 is 0 Å². The van der Waals surface area contributed by atoms with Crippen molar-refractivity contribution in [1.29, 1.82) is 0 Å². The van der Waals surface area contributed by atoms with Crippen LogP contribution in [0.3, 0.4) is 0 Å². The monoisotopic (exact) mass is 347 g/mol. The first kappa shape index (κ1) is 18.4. The second-order valence-corrected chi connectivity index (χ2v) is 7.77. The molecule has 6 heteroatoms. The fraction of sp³-hybridized carbons (Fsp3) is 0.389. The average Bonchev–Trinajstić information content (AvgIpc) is 2.60. The van der Waals surface area contributed by atoms with E-state index in [9.17, 15) is 8.42 Å². The van der Waals surface area contributed by atoms with Gasteiger partial charge in [0.25, 0.3) is 0 Å². The first-order chi connectivity index (χ1) is 11.4. The van der Waals surface area contributed by atoms with Gasteiger partial charge < -0.3 is 5.32 Å². The van der Waals surface area contributed by atoms with Crippen molar-refractivity contribution in [2.24, 2.45) is 0 Å². The molecule has 0 aliphatic carbocycles. The van der Waals surface area contributed by atoms with Gasteiger partial charge in [-0.15, -0.1) is 0 Å². The molecule has 0 spiro atoms. The zero-order valence-corrected chi connectivity index (χ0v) is 15.2. The Morgan fingerprint density at radius 1 is 1.00 bits per heavy atom. The maximum absolute atomic E-state index is 11.6. The van der Waals surface area contributed by atoms with Crippen LogP contribution in [0.5, 0.6) is 0 Å². The van der Waals surface area contributed by atoms with E-state index in [0.29, 0.717) is 5.69 Å². The quantitative estimate of drug-likeness (QED) is 0.765. The molecule has 0 aliphatic heterocycles. The average molecular weight is 347 g/mol. The second kappa shape index (κ2) is 8.26. The molecule has 2 aromatic rings. The number of nitrogens with one attached hydrogen (secondary N) is 2. The van der Waals surface area contributed by atoms with Gasteiger partial charge in [-0.05, 0) is 55.7 Å². The van der Waals surface area contributed by atoms with Gasteiger partial charge in [0.05, 0.1) is 5.75 Å². The first-order valence-corrected chi connectivity index (χ1v) is 9.86. The molecule has 130 valence electrons. The first-order valence-electron chi connectivity index (χ1n) is 8.21. The SMILES string of the molecule is CC[C@@H](N[C@@H](C)c1ccc(NS(=O)(=O)CC)cc1)c1ccncc1. The molecule has 2 N–H and O–H groups in total. The minimum absolute atomic E-state index is 0.0663. The van der Waals surface area contributed by atoms with Gasteiger partial charge in [0.1, 0.15) is 0 Å². The Labute approximate surface area is 144 Å². The maximum Gasteiger partial charge on any atom is 0.232 e. The molecule has 24 heavy (non-hydrogen) atoms. The number of rotatable bonds is 8. The minimum atomic E-state index is -3.24. The van der Waals surface area contributed by atoms with Crippen molar-refractivity contribution < 1.29 is 8.42 Å². The van der Waals surface area contributed by atoms with Gasteiger partial charge in [-0.1, -0.05) is 19.1 Å². The van der Waals surface area contributed by atoms with Crippen LogP contribution in [0, 0.1) is 0 Å². The van der Waals surface area contributed by atoms with E-state index in [0.717, 1.165) is 12.0 Å². The van der Waals surface area contributed by atoms with Gasteiger partial charge in [0, 0.05) is 30.2 Å². The lowest BCUT2D eigenvalue weighted by atomic mass is 10.0. The summed E-state index contributed by atoms with van der Waals surface area (Å²) in [6.45, 7) is 5.87. The Bertz CT molecular complexity index is 731. The molecule has 0 saturated heterocycles. The zero-order valence-electron chi connectivity index (χ0n) is 14.4. The summed E-state index contributed by atoms with van der Waals surface area (Å²) >= 11 is 0. The van der Waals surface area contributed by atoms with Crippen molar-refractivity contribution in [2.45, 2.75) is 39.3 Å². The number of nitrogens with zero attached hydrogens (tertiary/aromatic N) is 1. The normalized spacial score (nSPS) is 14.1. The number of benzene rings is 1. The third-order valence-corrected chi connectivity index (χ3v) is 5.34. The van der Waals surface area contributed by atoms with Crippen LogP contribution < -0.4 is 10.0 Å². The smallest absolute Gasteiger partial charge is 0.232 e. The number of sulfonamides is 1. The Balaban J connectivity index is 2.05. The molecule has 0 fully saturated rings. The molecular weight excluding hydrogens is 322 g/mol. The summed E-state index contributed by atoms with van der Waals surface area (Å²) in [5.74, 6) is 0.0663. The van der Waals surface area contributed by atoms with Crippen LogP contribution in [-0.2, 0) is 10.0 Å². The van der Waals surface area contributed by atoms with Crippen LogP contribution in [0.15, 0.2) is 48.8 Å². The Morgan fingerprint density at radius 3 is 2.17 bits per heavy atom. The molecule has 1 aromatic heterocycles. The molecule has 0 radical (unpaired) electrons. The molecule has 2 atom stereocenters. The largest absolute Gasteiger partial charge is 0.303 e. The molecule has 0 aliphatic rings. The molecule has 0 amide bonds. The Hall–Kier alpha value is -1.92. The standard InChI is InChI=1S/C18H25N3O2S/c1-4-18(16-10-12-19-13-11-16)20-14(3)15-6-8-17(9-7-15)21-24(22,23)5-2/h6-14,18,20-21H,4-5H2,1-3H3/t14-,18+/m0/s1. The second-order valence-electron chi connectivity index (χ2n) is 5.76. The van der Waals surface area contributed by atoms with Crippen molar-refractivity contribution in [3.8, 4) is 0 Å². The van der Waals surface area contributed by atoms with Crippen LogP contribution in [0.2, 0.25) is 0 Å². The van der Waals surface area contributed by atoms with E-state index in [2.05, 4.69) is 28.9 Å². The van der Waals surface area contributed by atoms with E-state index in [-0.39, 0.29) is 17.8 Å². The van der Waals surface area contributed by atoms with Crippen LogP contribution >= 0.6 is 0 Å². The minimum Gasteiger partial charge on any atom is -0.303 e. The topological polar surface area (TPSA) is 71.1 Å². The molecule has 0 saturated carbocycles. The van der Waals surface area contributed by atoms with Crippen molar-refractivity contribution in [2.75, 3.05) is 10.5 Å². The van der Waals surface area contributed by atoms with Gasteiger partial charge in [0.2, 0.25) is 10.0 Å². The number of aromatic nitrogens is 1. The predicted octanol–water partition coefficient (Wildman–Crippen LogP) is 3.65. The van der Waals surface area contributed by atoms with Gasteiger partial charge in [-0.25, -0.2) is 8.42 Å². The molecular formula is C18H25N3O2S. The molecule has 0 unspecified atom stereocenters. The fourth-order valence-electron chi connectivity index (χ4n) is 2.54. The summed E-state index contributed by atoms with van der Waals surface area (Å²) in [5.41, 5.74) is 2.92. The van der Waals surface area contributed by atoms with Crippen molar-refractivity contribution in [3.63, 3.8) is 0 Å². The number of hydrogen-bond donors (Lipinski definition) is 2. The lowest BCUT2D eigenvalue weighted by molar-refractivity contribution is 0.456. The molecule has 1 aromatic carbocycles. The van der Waals surface area contributed by atoms with Crippen LogP contribution in [0.25, 0.3) is 0 Å². The van der Waals surface area contributed by atoms with Crippen LogP contribution in [0.1, 0.15) is 50.4 Å². The summed E-state index contributed by atoms with van der Waals surface area (Å²) in [4.78, 5) is 4.06. The highest BCUT2D eigenvalue weighted by Gasteiger charge is 2.14. The van der Waals surface area contributed by atoms with Gasteiger partial charge in [-0.3, -0.25) is 9.71 Å². The summed E-state index contributed by atoms with van der Waals surface area (Å²) < 4.78 is 25.8.